The smallest absolute Gasteiger partial charge is 0.254 e. The van der Waals surface area contributed by atoms with E-state index in [2.05, 4.69) is 11.2 Å². The molecule has 3 aliphatic rings. The molecule has 0 saturated carbocycles. The number of nitriles is 1. The summed E-state index contributed by atoms with van der Waals surface area (Å²) in [5.74, 6) is -0.355. The van der Waals surface area contributed by atoms with Crippen molar-refractivity contribution in [3.63, 3.8) is 0 Å². The molecule has 2 fully saturated rings. The average molecular weight is 437 g/mol. The number of allylic oxidation sites excluding steroid dienone is 2. The minimum Gasteiger partial charge on any atom is -0.399 e. The molecule has 1 N–H and O–H groups in total. The van der Waals surface area contributed by atoms with Crippen molar-refractivity contribution < 1.29 is 24.2 Å². The van der Waals surface area contributed by atoms with E-state index in [1.807, 2.05) is 31.2 Å². The van der Waals surface area contributed by atoms with Crippen molar-refractivity contribution in [3.8, 4) is 6.07 Å². The lowest BCUT2D eigenvalue weighted by atomic mass is 9.77. The third-order valence-electron chi connectivity index (χ3n) is 6.30. The van der Waals surface area contributed by atoms with Crippen LogP contribution >= 0.6 is 0 Å². The topological polar surface area (TPSA) is 104 Å². The van der Waals surface area contributed by atoms with Crippen molar-refractivity contribution in [2.45, 2.75) is 31.1 Å². The van der Waals surface area contributed by atoms with Crippen molar-refractivity contribution in [2.24, 2.45) is 11.1 Å². The minimum absolute atomic E-state index is 0.0763. The first-order chi connectivity index (χ1) is 15.5. The molecule has 2 heterocycles. The van der Waals surface area contributed by atoms with Gasteiger partial charge in [0, 0.05) is 17.9 Å². The molecule has 2 saturated heterocycles. The summed E-state index contributed by atoms with van der Waals surface area (Å²) in [4.78, 5) is 19.5. The fourth-order valence-electron chi connectivity index (χ4n) is 4.36. The summed E-state index contributed by atoms with van der Waals surface area (Å²) in [6.45, 7) is 3.18. The van der Waals surface area contributed by atoms with Gasteiger partial charge in [-0.15, -0.1) is 0 Å². The monoisotopic (exact) mass is 437 g/mol. The first kappa shape index (κ1) is 22.2. The number of hydrogen-bond acceptors (Lipinski definition) is 7. The highest BCUT2D eigenvalue weighted by molar-refractivity contribution is 6.00. The van der Waals surface area contributed by atoms with E-state index in [1.54, 1.807) is 23.1 Å². The van der Waals surface area contributed by atoms with Crippen LogP contribution in [0.4, 0.5) is 0 Å². The summed E-state index contributed by atoms with van der Waals surface area (Å²) in [6.07, 6.45) is 6.05. The first-order valence-corrected chi connectivity index (χ1v) is 10.7. The molecule has 0 radical (unpaired) electrons. The molecule has 1 amide bonds. The average Bonchev–Trinajstić information content (AvgIpc) is 3.20. The zero-order chi connectivity index (χ0) is 22.7. The molecule has 1 aliphatic carbocycles. The lowest BCUT2D eigenvalue weighted by Gasteiger charge is -2.39. The van der Waals surface area contributed by atoms with Crippen LogP contribution in [0.5, 0.6) is 0 Å². The van der Waals surface area contributed by atoms with E-state index in [1.165, 1.54) is 7.11 Å². The number of nitrogens with zero attached hydrogens (tertiary/aromatic N) is 3. The first-order valence-electron chi connectivity index (χ1n) is 10.7. The van der Waals surface area contributed by atoms with E-state index < -0.39 is 5.60 Å². The third kappa shape index (κ3) is 4.07. The molecule has 32 heavy (non-hydrogen) atoms. The van der Waals surface area contributed by atoms with Gasteiger partial charge in [0.2, 0.25) is 0 Å². The number of aliphatic hydroxyl groups excluding tert-OH is 1. The maximum absolute atomic E-state index is 13.0. The number of ether oxygens (including phenoxy) is 2. The zero-order valence-corrected chi connectivity index (χ0v) is 18.2. The Morgan fingerprint density at radius 1 is 1.38 bits per heavy atom. The van der Waals surface area contributed by atoms with E-state index >= 15 is 0 Å². The predicted molar refractivity (Wildman–Crippen MR) is 118 cm³/mol. The van der Waals surface area contributed by atoms with Gasteiger partial charge in [-0.3, -0.25) is 4.79 Å². The van der Waals surface area contributed by atoms with Gasteiger partial charge in [-0.2, -0.15) is 5.26 Å². The predicted octanol–water partition coefficient (Wildman–Crippen LogP) is 2.16. The maximum atomic E-state index is 13.0. The Hall–Kier alpha value is -2.99. The number of aliphatic hydroxyl groups is 1. The molecule has 8 heteroatoms. The molecule has 0 spiro atoms. The van der Waals surface area contributed by atoms with Gasteiger partial charge in [0.25, 0.3) is 5.91 Å². The second-order valence-electron chi connectivity index (χ2n) is 8.28. The Kier molecular flexibility index (Phi) is 6.42. The van der Waals surface area contributed by atoms with Crippen LogP contribution in [-0.2, 0) is 14.3 Å². The molecule has 8 nitrogen and oxygen atoms in total. The van der Waals surface area contributed by atoms with Gasteiger partial charge in [0.1, 0.15) is 19.3 Å². The summed E-state index contributed by atoms with van der Waals surface area (Å²) < 4.78 is 11.3. The Labute approximate surface area is 187 Å². The molecule has 1 aromatic carbocycles. The number of hydrogen-bond donors (Lipinski definition) is 1. The quantitative estimate of drug-likeness (QED) is 0.684. The Balaban J connectivity index is 1.51. The number of oxime groups is 1. The number of carbonyl (C=O) groups is 1. The van der Waals surface area contributed by atoms with Crippen LogP contribution in [-0.4, -0.2) is 72.8 Å². The molecule has 168 valence electrons. The third-order valence-corrected chi connectivity index (χ3v) is 6.30. The lowest BCUT2D eigenvalue weighted by molar-refractivity contribution is -0.169. The minimum atomic E-state index is -1.05. The molecule has 2 unspecified atom stereocenters. The molecule has 1 aromatic rings. The Morgan fingerprint density at radius 3 is 2.72 bits per heavy atom. The molecule has 0 aromatic heterocycles. The van der Waals surface area contributed by atoms with Gasteiger partial charge in [-0.25, -0.2) is 0 Å². The second-order valence-corrected chi connectivity index (χ2v) is 8.28. The Bertz CT molecular complexity index is 990. The molecule has 3 atom stereocenters. The fraction of sp³-hybridized carbons (Fsp3) is 0.458. The van der Waals surface area contributed by atoms with Crippen molar-refractivity contribution in [2.75, 3.05) is 33.5 Å². The highest BCUT2D eigenvalue weighted by Crippen LogP contribution is 2.39. The van der Waals surface area contributed by atoms with E-state index in [0.717, 1.165) is 16.8 Å². The number of likely N-dealkylation sites (tertiary alicyclic amines) is 1. The largest absolute Gasteiger partial charge is 0.399 e. The van der Waals surface area contributed by atoms with E-state index in [0.29, 0.717) is 31.7 Å². The molecule has 2 aliphatic heterocycles. The van der Waals surface area contributed by atoms with Crippen LogP contribution in [0.3, 0.4) is 0 Å². The van der Waals surface area contributed by atoms with Crippen molar-refractivity contribution in [3.05, 3.63) is 53.6 Å². The van der Waals surface area contributed by atoms with Gasteiger partial charge in [0.05, 0.1) is 38.1 Å². The lowest BCUT2D eigenvalue weighted by Crippen LogP contribution is -2.48. The number of amides is 1. The SMILES string of the molecule is CO/N=C1/CC(CO)N(C(=O)c2ccc(C3=CC=CC(C#N)(OC4COC4)[C@H]3C)cc2)C1. The van der Waals surface area contributed by atoms with Crippen molar-refractivity contribution in [1.82, 2.24) is 4.90 Å². The second kappa shape index (κ2) is 9.25. The molecular weight excluding hydrogens is 410 g/mol. The standard InChI is InChI=1S/C24H27N3O5/c1-16-22(4-3-9-24(16,15-25)32-21-13-31-14-21)17-5-7-18(8-6-17)23(29)27-11-19(26-30-2)10-20(27)12-28/h3-9,16,20-21,28H,10-14H2,1-2H3/b26-19-/t16-,20?,24?/m0/s1. The van der Waals surface area contributed by atoms with Crippen molar-refractivity contribution >= 4 is 17.2 Å². The van der Waals surface area contributed by atoms with E-state index in [9.17, 15) is 15.2 Å². The van der Waals surface area contributed by atoms with Crippen LogP contribution in [0, 0.1) is 17.2 Å². The van der Waals surface area contributed by atoms with Gasteiger partial charge in [0.15, 0.2) is 5.60 Å². The zero-order valence-electron chi connectivity index (χ0n) is 18.2. The highest BCUT2D eigenvalue weighted by Gasteiger charge is 2.42. The van der Waals surface area contributed by atoms with Crippen LogP contribution in [0.15, 0.2) is 47.6 Å². The molecule has 0 bridgehead atoms. The highest BCUT2D eigenvalue weighted by atomic mass is 16.6. The normalized spacial score (nSPS) is 28.9. The van der Waals surface area contributed by atoms with Crippen molar-refractivity contribution in [1.29, 1.82) is 5.26 Å². The van der Waals surface area contributed by atoms with Crippen LogP contribution in [0.2, 0.25) is 0 Å². The summed E-state index contributed by atoms with van der Waals surface area (Å²) >= 11 is 0. The summed E-state index contributed by atoms with van der Waals surface area (Å²) in [6, 6.07) is 9.36. The Morgan fingerprint density at radius 2 is 2.12 bits per heavy atom. The van der Waals surface area contributed by atoms with Crippen LogP contribution < -0.4 is 0 Å². The number of rotatable bonds is 6. The maximum Gasteiger partial charge on any atom is 0.254 e. The van der Waals surface area contributed by atoms with Gasteiger partial charge < -0.3 is 24.3 Å². The summed E-state index contributed by atoms with van der Waals surface area (Å²) in [7, 11) is 1.46. The van der Waals surface area contributed by atoms with E-state index in [4.69, 9.17) is 14.3 Å². The number of benzene rings is 1. The van der Waals surface area contributed by atoms with Crippen LogP contribution in [0.25, 0.3) is 5.57 Å². The summed E-state index contributed by atoms with van der Waals surface area (Å²) in [5.41, 5.74) is 2.10. The van der Waals surface area contributed by atoms with Crippen LogP contribution in [0.1, 0.15) is 29.3 Å². The van der Waals surface area contributed by atoms with E-state index in [-0.39, 0.29) is 30.6 Å². The van der Waals surface area contributed by atoms with Gasteiger partial charge >= 0.3 is 0 Å². The number of carbonyl (C=O) groups excluding carboxylic acids is 1. The fourth-order valence-corrected chi connectivity index (χ4v) is 4.36. The summed E-state index contributed by atoms with van der Waals surface area (Å²) in [5, 5.41) is 23.5. The van der Waals surface area contributed by atoms with Gasteiger partial charge in [-0.1, -0.05) is 36.4 Å². The molecular formula is C24H27N3O5. The molecule has 4 rings (SSSR count). The van der Waals surface area contributed by atoms with Gasteiger partial charge in [-0.05, 0) is 29.3 Å².